The fourth-order valence-electron chi connectivity index (χ4n) is 2.43. The molecule has 0 bridgehead atoms. The molecule has 0 aliphatic rings. The van der Waals surface area contributed by atoms with Crippen molar-refractivity contribution in [2.75, 3.05) is 11.9 Å². The van der Waals surface area contributed by atoms with Crippen LogP contribution in [0.2, 0.25) is 0 Å². The van der Waals surface area contributed by atoms with Crippen LogP contribution in [0.3, 0.4) is 0 Å². The second-order valence-corrected chi connectivity index (χ2v) is 6.42. The summed E-state index contributed by atoms with van der Waals surface area (Å²) in [6.45, 7) is 6.33. The molecule has 2 aromatic carbocycles. The van der Waals surface area contributed by atoms with Gasteiger partial charge in [-0.3, -0.25) is 9.59 Å². The SMILES string of the molecule is CCC(C)NCC(=O)Nc1ccc(C(=O)NC(C)c2ccccc2)cc1. The standard InChI is InChI=1S/C21H27N3O2/c1-4-15(2)22-14-20(25)24-19-12-10-18(11-13-19)21(26)23-16(3)17-8-6-5-7-9-17/h5-13,15-16,22H,4,14H2,1-3H3,(H,23,26)(H,24,25). The summed E-state index contributed by atoms with van der Waals surface area (Å²) in [5.74, 6) is -0.238. The van der Waals surface area contributed by atoms with Gasteiger partial charge < -0.3 is 16.0 Å². The van der Waals surface area contributed by atoms with E-state index in [2.05, 4.69) is 22.9 Å². The van der Waals surface area contributed by atoms with E-state index in [9.17, 15) is 9.59 Å². The Morgan fingerprint density at radius 3 is 2.23 bits per heavy atom. The molecule has 2 rings (SSSR count). The van der Waals surface area contributed by atoms with E-state index >= 15 is 0 Å². The Morgan fingerprint density at radius 2 is 1.62 bits per heavy atom. The van der Waals surface area contributed by atoms with Crippen molar-refractivity contribution >= 4 is 17.5 Å². The minimum absolute atomic E-state index is 0.0743. The zero-order chi connectivity index (χ0) is 18.9. The minimum Gasteiger partial charge on any atom is -0.346 e. The molecule has 2 unspecified atom stereocenters. The van der Waals surface area contributed by atoms with Crippen molar-refractivity contribution < 1.29 is 9.59 Å². The van der Waals surface area contributed by atoms with Gasteiger partial charge >= 0.3 is 0 Å². The lowest BCUT2D eigenvalue weighted by Gasteiger charge is -2.14. The molecular weight excluding hydrogens is 326 g/mol. The van der Waals surface area contributed by atoms with E-state index in [1.165, 1.54) is 0 Å². The van der Waals surface area contributed by atoms with Crippen LogP contribution in [-0.2, 0) is 4.79 Å². The highest BCUT2D eigenvalue weighted by atomic mass is 16.2. The molecule has 2 aromatic rings. The molecule has 5 nitrogen and oxygen atoms in total. The third kappa shape index (κ3) is 6.01. The van der Waals surface area contributed by atoms with Gasteiger partial charge in [-0.15, -0.1) is 0 Å². The fraction of sp³-hybridized carbons (Fsp3) is 0.333. The van der Waals surface area contributed by atoms with Crippen LogP contribution in [0.1, 0.15) is 49.2 Å². The fourth-order valence-corrected chi connectivity index (χ4v) is 2.43. The first-order valence-corrected chi connectivity index (χ1v) is 8.98. The van der Waals surface area contributed by atoms with Crippen molar-refractivity contribution in [2.45, 2.75) is 39.3 Å². The first-order chi connectivity index (χ1) is 12.5. The lowest BCUT2D eigenvalue weighted by molar-refractivity contribution is -0.115. The molecule has 0 aliphatic heterocycles. The normalized spacial score (nSPS) is 12.9. The lowest BCUT2D eigenvalue weighted by Crippen LogP contribution is -2.34. The lowest BCUT2D eigenvalue weighted by atomic mass is 10.1. The van der Waals surface area contributed by atoms with Crippen LogP contribution in [0, 0.1) is 0 Å². The zero-order valence-electron chi connectivity index (χ0n) is 15.6. The van der Waals surface area contributed by atoms with Gasteiger partial charge in [0.1, 0.15) is 0 Å². The van der Waals surface area contributed by atoms with Crippen molar-refractivity contribution in [1.29, 1.82) is 0 Å². The van der Waals surface area contributed by atoms with E-state index in [0.717, 1.165) is 12.0 Å². The van der Waals surface area contributed by atoms with Crippen LogP contribution in [0.5, 0.6) is 0 Å². The van der Waals surface area contributed by atoms with Gasteiger partial charge in [-0.25, -0.2) is 0 Å². The summed E-state index contributed by atoms with van der Waals surface area (Å²) in [5, 5.41) is 8.94. The average molecular weight is 353 g/mol. The zero-order valence-corrected chi connectivity index (χ0v) is 15.6. The molecule has 0 aliphatic carbocycles. The highest BCUT2D eigenvalue weighted by Gasteiger charge is 2.11. The van der Waals surface area contributed by atoms with Crippen molar-refractivity contribution in [3.05, 3.63) is 65.7 Å². The molecule has 0 heterocycles. The van der Waals surface area contributed by atoms with Gasteiger partial charge in [0, 0.05) is 17.3 Å². The largest absolute Gasteiger partial charge is 0.346 e. The summed E-state index contributed by atoms with van der Waals surface area (Å²) >= 11 is 0. The molecule has 2 amide bonds. The van der Waals surface area contributed by atoms with Gasteiger partial charge in [-0.2, -0.15) is 0 Å². The first kappa shape index (κ1) is 19.7. The number of amides is 2. The van der Waals surface area contributed by atoms with Gasteiger partial charge in [0.15, 0.2) is 0 Å². The average Bonchev–Trinajstić information content (AvgIpc) is 2.67. The van der Waals surface area contributed by atoms with Crippen molar-refractivity contribution in [2.24, 2.45) is 0 Å². The van der Waals surface area contributed by atoms with Crippen LogP contribution < -0.4 is 16.0 Å². The molecule has 0 spiro atoms. The van der Waals surface area contributed by atoms with Crippen molar-refractivity contribution in [3.8, 4) is 0 Å². The van der Waals surface area contributed by atoms with Crippen LogP contribution in [0.25, 0.3) is 0 Å². The Balaban J connectivity index is 1.88. The van der Waals surface area contributed by atoms with E-state index < -0.39 is 0 Å². The smallest absolute Gasteiger partial charge is 0.251 e. The topological polar surface area (TPSA) is 70.2 Å². The number of rotatable bonds is 8. The second-order valence-electron chi connectivity index (χ2n) is 6.42. The highest BCUT2D eigenvalue weighted by molar-refractivity contribution is 5.96. The molecule has 0 saturated carbocycles. The van der Waals surface area contributed by atoms with E-state index in [4.69, 9.17) is 0 Å². The Kier molecular flexibility index (Phi) is 7.36. The summed E-state index contributed by atoms with van der Waals surface area (Å²) in [6.07, 6.45) is 0.971. The molecular formula is C21H27N3O2. The number of hydrogen-bond donors (Lipinski definition) is 3. The van der Waals surface area contributed by atoms with Gasteiger partial charge in [-0.1, -0.05) is 37.3 Å². The number of carbonyl (C=O) groups excluding carboxylic acids is 2. The third-order valence-electron chi connectivity index (χ3n) is 4.30. The number of nitrogens with one attached hydrogen (secondary N) is 3. The maximum Gasteiger partial charge on any atom is 0.251 e. The van der Waals surface area contributed by atoms with Crippen molar-refractivity contribution in [1.82, 2.24) is 10.6 Å². The Hall–Kier alpha value is -2.66. The molecule has 5 heteroatoms. The summed E-state index contributed by atoms with van der Waals surface area (Å²) in [6, 6.07) is 16.9. The van der Waals surface area contributed by atoms with Crippen LogP contribution in [0.15, 0.2) is 54.6 Å². The molecule has 0 aromatic heterocycles. The molecule has 26 heavy (non-hydrogen) atoms. The monoisotopic (exact) mass is 353 g/mol. The number of carbonyl (C=O) groups is 2. The first-order valence-electron chi connectivity index (χ1n) is 8.98. The molecule has 3 N–H and O–H groups in total. The van der Waals surface area contributed by atoms with E-state index in [0.29, 0.717) is 17.3 Å². The summed E-state index contributed by atoms with van der Waals surface area (Å²) in [4.78, 5) is 24.3. The van der Waals surface area contributed by atoms with Gasteiger partial charge in [0.25, 0.3) is 5.91 Å². The molecule has 0 radical (unpaired) electrons. The van der Waals surface area contributed by atoms with Gasteiger partial charge in [0.05, 0.1) is 12.6 Å². The predicted octanol–water partition coefficient (Wildman–Crippen LogP) is 3.50. The van der Waals surface area contributed by atoms with Crippen LogP contribution in [0.4, 0.5) is 5.69 Å². The summed E-state index contributed by atoms with van der Waals surface area (Å²) in [7, 11) is 0. The maximum absolute atomic E-state index is 12.4. The maximum atomic E-state index is 12.4. The van der Waals surface area contributed by atoms with Crippen LogP contribution >= 0.6 is 0 Å². The minimum atomic E-state index is -0.141. The highest BCUT2D eigenvalue weighted by Crippen LogP contribution is 2.14. The van der Waals surface area contributed by atoms with E-state index in [-0.39, 0.29) is 24.4 Å². The number of benzene rings is 2. The molecule has 2 atom stereocenters. The molecule has 0 saturated heterocycles. The Bertz CT molecular complexity index is 714. The summed E-state index contributed by atoms with van der Waals surface area (Å²) in [5.41, 5.74) is 2.29. The van der Waals surface area contributed by atoms with Gasteiger partial charge in [-0.05, 0) is 50.1 Å². The van der Waals surface area contributed by atoms with E-state index in [1.54, 1.807) is 24.3 Å². The Morgan fingerprint density at radius 1 is 0.962 bits per heavy atom. The summed E-state index contributed by atoms with van der Waals surface area (Å²) < 4.78 is 0. The van der Waals surface area contributed by atoms with Crippen molar-refractivity contribution in [3.63, 3.8) is 0 Å². The molecule has 0 fully saturated rings. The van der Waals surface area contributed by atoms with Gasteiger partial charge in [0.2, 0.25) is 5.91 Å². The number of hydrogen-bond acceptors (Lipinski definition) is 3. The Labute approximate surface area is 155 Å². The van der Waals surface area contributed by atoms with E-state index in [1.807, 2.05) is 44.2 Å². The quantitative estimate of drug-likeness (QED) is 0.680. The third-order valence-corrected chi connectivity index (χ3v) is 4.30. The van der Waals surface area contributed by atoms with Crippen LogP contribution in [-0.4, -0.2) is 24.4 Å². The second kappa shape index (κ2) is 9.73. The number of anilines is 1. The predicted molar refractivity (Wildman–Crippen MR) is 105 cm³/mol. The molecule has 138 valence electrons.